The van der Waals surface area contributed by atoms with Gasteiger partial charge in [0.05, 0.1) is 11.6 Å². The largest absolute Gasteiger partial charge is 0.483 e. The molecule has 2 rings (SSSR count). The summed E-state index contributed by atoms with van der Waals surface area (Å²) in [5.74, 6) is 0.851. The number of nitrogens with one attached hydrogen (secondary N) is 1. The zero-order valence-electron chi connectivity index (χ0n) is 11.1. The van der Waals surface area contributed by atoms with Crippen LogP contribution in [-0.2, 0) is 17.1 Å². The lowest BCUT2D eigenvalue weighted by molar-refractivity contribution is -0.118. The molecule has 2 aromatic rings. The van der Waals surface area contributed by atoms with Crippen LogP contribution < -0.4 is 10.1 Å². The molecule has 0 fully saturated rings. The number of alkyl halides is 1. The number of nitrogens with zero attached hydrogens (tertiary/aromatic N) is 1. The predicted molar refractivity (Wildman–Crippen MR) is 81.6 cm³/mol. The number of halogens is 1. The minimum atomic E-state index is -0.230. The van der Waals surface area contributed by atoms with Crippen molar-refractivity contribution >= 4 is 34.0 Å². The number of amides is 1. The lowest BCUT2D eigenvalue weighted by Gasteiger charge is -2.09. The monoisotopic (exact) mass is 310 g/mol. The second kappa shape index (κ2) is 7.26. The van der Waals surface area contributed by atoms with E-state index in [1.807, 2.05) is 36.6 Å². The van der Waals surface area contributed by atoms with Crippen LogP contribution >= 0.6 is 22.9 Å². The van der Waals surface area contributed by atoms with Crippen LogP contribution in [0.1, 0.15) is 18.2 Å². The summed E-state index contributed by atoms with van der Waals surface area (Å²) in [6, 6.07) is 7.69. The van der Waals surface area contributed by atoms with Crippen LogP contribution in [0.3, 0.4) is 0 Å². The molecule has 1 aromatic carbocycles. The third-order valence-electron chi connectivity index (χ3n) is 2.65. The van der Waals surface area contributed by atoms with Gasteiger partial charge in [0.2, 0.25) is 0 Å². The minimum absolute atomic E-state index is 0.0349. The molecule has 4 nitrogen and oxygen atoms in total. The lowest BCUT2D eigenvalue weighted by atomic mass is 10.1. The molecule has 0 aliphatic heterocycles. The zero-order valence-corrected chi connectivity index (χ0v) is 12.6. The smallest absolute Gasteiger partial charge is 0.264 e. The van der Waals surface area contributed by atoms with Gasteiger partial charge >= 0.3 is 0 Å². The summed E-state index contributed by atoms with van der Waals surface area (Å²) in [5, 5.41) is 5.04. The van der Waals surface area contributed by atoms with E-state index < -0.39 is 0 Å². The molecular weight excluding hydrogens is 296 g/mol. The molecule has 0 bridgehead atoms. The van der Waals surface area contributed by atoms with Gasteiger partial charge < -0.3 is 4.74 Å². The maximum atomic E-state index is 11.8. The molecule has 0 atom stereocenters. The van der Waals surface area contributed by atoms with Crippen molar-refractivity contribution in [1.29, 1.82) is 0 Å². The Kier molecular flexibility index (Phi) is 5.38. The number of aromatic nitrogens is 1. The summed E-state index contributed by atoms with van der Waals surface area (Å²) >= 11 is 7.01. The van der Waals surface area contributed by atoms with E-state index in [4.69, 9.17) is 16.3 Å². The highest BCUT2D eigenvalue weighted by molar-refractivity contribution is 7.13. The first-order chi connectivity index (χ1) is 9.72. The second-order valence-corrected chi connectivity index (χ2v) is 5.20. The van der Waals surface area contributed by atoms with Gasteiger partial charge in [0.25, 0.3) is 5.91 Å². The number of rotatable bonds is 6. The molecule has 1 amide bonds. The number of aryl methyl sites for hydroxylation is 1. The Bertz CT molecular complexity index is 586. The number of hydrogen-bond acceptors (Lipinski definition) is 4. The molecule has 0 aliphatic carbocycles. The molecule has 6 heteroatoms. The highest BCUT2D eigenvalue weighted by Crippen LogP contribution is 2.19. The van der Waals surface area contributed by atoms with E-state index in [2.05, 4.69) is 10.3 Å². The van der Waals surface area contributed by atoms with E-state index in [0.29, 0.717) is 11.0 Å². The van der Waals surface area contributed by atoms with Gasteiger partial charge in [0, 0.05) is 5.38 Å². The van der Waals surface area contributed by atoms with E-state index in [1.54, 1.807) is 0 Å². The van der Waals surface area contributed by atoms with E-state index in [-0.39, 0.29) is 12.5 Å². The highest BCUT2D eigenvalue weighted by atomic mass is 35.5. The molecule has 1 aromatic heterocycles. The van der Waals surface area contributed by atoms with Crippen molar-refractivity contribution in [2.24, 2.45) is 0 Å². The van der Waals surface area contributed by atoms with E-state index in [9.17, 15) is 4.79 Å². The fourth-order valence-electron chi connectivity index (χ4n) is 1.66. The Hall–Kier alpha value is -1.59. The first-order valence-corrected chi connectivity index (χ1v) is 7.65. The topological polar surface area (TPSA) is 51.2 Å². The summed E-state index contributed by atoms with van der Waals surface area (Å²) in [5.41, 5.74) is 1.84. The van der Waals surface area contributed by atoms with E-state index in [1.165, 1.54) is 11.3 Å². The minimum Gasteiger partial charge on any atom is -0.483 e. The Labute approximate surface area is 126 Å². The standard InChI is InChI=1S/C14H15ClN2O2S/c1-2-10-5-3-4-6-12(10)19-8-13(18)17-14-16-11(7-15)9-20-14/h3-6,9H,2,7-8H2,1H3,(H,16,17,18). The first kappa shape index (κ1) is 14.8. The van der Waals surface area contributed by atoms with E-state index >= 15 is 0 Å². The first-order valence-electron chi connectivity index (χ1n) is 6.24. The van der Waals surface area contributed by atoms with Crippen LogP contribution in [0.25, 0.3) is 0 Å². The molecule has 0 unspecified atom stereocenters. The molecule has 0 radical (unpaired) electrons. The fraction of sp³-hybridized carbons (Fsp3) is 0.286. The summed E-state index contributed by atoms with van der Waals surface area (Å²) in [7, 11) is 0. The lowest BCUT2D eigenvalue weighted by Crippen LogP contribution is -2.20. The van der Waals surface area contributed by atoms with Gasteiger partial charge in [-0.1, -0.05) is 25.1 Å². The van der Waals surface area contributed by atoms with Crippen molar-refractivity contribution in [3.05, 3.63) is 40.9 Å². The number of benzene rings is 1. The Morgan fingerprint density at radius 3 is 2.95 bits per heavy atom. The van der Waals surface area contributed by atoms with Crippen LogP contribution in [0.15, 0.2) is 29.6 Å². The second-order valence-electron chi connectivity index (χ2n) is 4.08. The fourth-order valence-corrected chi connectivity index (χ4v) is 2.62. The summed E-state index contributed by atoms with van der Waals surface area (Å²) in [6.45, 7) is 2.01. The van der Waals surface area contributed by atoms with Crippen molar-refractivity contribution in [2.45, 2.75) is 19.2 Å². The van der Waals surface area contributed by atoms with Gasteiger partial charge in [-0.05, 0) is 18.1 Å². The Balaban J connectivity index is 1.88. The van der Waals surface area contributed by atoms with Crippen LogP contribution in [0, 0.1) is 0 Å². The van der Waals surface area contributed by atoms with Gasteiger partial charge in [-0.3, -0.25) is 10.1 Å². The number of carbonyl (C=O) groups is 1. The maximum absolute atomic E-state index is 11.8. The van der Waals surface area contributed by atoms with Gasteiger partial charge in [0.1, 0.15) is 5.75 Å². The van der Waals surface area contributed by atoms with Gasteiger partial charge in [-0.25, -0.2) is 4.98 Å². The number of anilines is 1. The summed E-state index contributed by atoms with van der Waals surface area (Å²) in [4.78, 5) is 15.9. The number of para-hydroxylation sites is 1. The molecule has 1 heterocycles. The number of ether oxygens (including phenoxy) is 1. The van der Waals surface area contributed by atoms with Crippen molar-refractivity contribution in [2.75, 3.05) is 11.9 Å². The number of carbonyl (C=O) groups excluding carboxylic acids is 1. The van der Waals surface area contributed by atoms with Crippen molar-refractivity contribution < 1.29 is 9.53 Å². The molecule has 0 spiro atoms. The number of thiazole rings is 1. The quantitative estimate of drug-likeness (QED) is 0.831. The molecule has 0 aliphatic rings. The third-order valence-corrected chi connectivity index (χ3v) is 3.73. The average molecular weight is 311 g/mol. The Morgan fingerprint density at radius 1 is 1.45 bits per heavy atom. The van der Waals surface area contributed by atoms with Crippen LogP contribution in [0.2, 0.25) is 0 Å². The molecule has 0 saturated carbocycles. The van der Waals surface area contributed by atoms with Gasteiger partial charge in [0.15, 0.2) is 11.7 Å². The average Bonchev–Trinajstić information content (AvgIpc) is 2.93. The van der Waals surface area contributed by atoms with Gasteiger partial charge in [-0.15, -0.1) is 22.9 Å². The summed E-state index contributed by atoms with van der Waals surface area (Å²) < 4.78 is 5.53. The molecule has 106 valence electrons. The normalized spacial score (nSPS) is 10.3. The van der Waals surface area contributed by atoms with Crippen LogP contribution in [0.4, 0.5) is 5.13 Å². The maximum Gasteiger partial charge on any atom is 0.264 e. The molecule has 0 saturated heterocycles. The number of hydrogen-bond donors (Lipinski definition) is 1. The summed E-state index contributed by atoms with van der Waals surface area (Å²) in [6.07, 6.45) is 0.864. The van der Waals surface area contributed by atoms with Crippen LogP contribution in [-0.4, -0.2) is 17.5 Å². The van der Waals surface area contributed by atoms with Crippen LogP contribution in [0.5, 0.6) is 5.75 Å². The van der Waals surface area contributed by atoms with Gasteiger partial charge in [-0.2, -0.15) is 0 Å². The molecular formula is C14H15ClN2O2S. The zero-order chi connectivity index (χ0) is 14.4. The molecule has 1 N–H and O–H groups in total. The Morgan fingerprint density at radius 2 is 2.25 bits per heavy atom. The highest BCUT2D eigenvalue weighted by Gasteiger charge is 2.08. The van der Waals surface area contributed by atoms with E-state index in [0.717, 1.165) is 23.4 Å². The van der Waals surface area contributed by atoms with Crippen molar-refractivity contribution in [3.63, 3.8) is 0 Å². The van der Waals surface area contributed by atoms with Crippen molar-refractivity contribution in [3.8, 4) is 5.75 Å². The predicted octanol–water partition coefficient (Wildman–Crippen LogP) is 3.46. The third kappa shape index (κ3) is 3.95. The molecule has 20 heavy (non-hydrogen) atoms. The van der Waals surface area contributed by atoms with Crippen molar-refractivity contribution in [1.82, 2.24) is 4.98 Å². The SMILES string of the molecule is CCc1ccccc1OCC(=O)Nc1nc(CCl)cs1.